The van der Waals surface area contributed by atoms with E-state index in [1.54, 1.807) is 23.8 Å². The van der Waals surface area contributed by atoms with Gasteiger partial charge in [-0.3, -0.25) is 4.79 Å². The first-order valence-corrected chi connectivity index (χ1v) is 6.92. The number of methoxy groups -OCH3 is 1. The SMILES string of the molecule is CCN(CC)C(=O)c1c(OC)cccc1SC. The maximum Gasteiger partial charge on any atom is 0.258 e. The molecule has 0 unspecified atom stereocenters. The second-order valence-electron chi connectivity index (χ2n) is 3.51. The van der Waals surface area contributed by atoms with E-state index in [1.165, 1.54) is 0 Å². The van der Waals surface area contributed by atoms with Gasteiger partial charge < -0.3 is 9.64 Å². The number of nitrogens with zero attached hydrogens (tertiary/aromatic N) is 1. The summed E-state index contributed by atoms with van der Waals surface area (Å²) in [6, 6.07) is 5.68. The number of hydrogen-bond acceptors (Lipinski definition) is 3. The molecule has 94 valence electrons. The van der Waals surface area contributed by atoms with E-state index in [9.17, 15) is 4.79 Å². The second kappa shape index (κ2) is 6.55. The van der Waals surface area contributed by atoms with Crippen molar-refractivity contribution >= 4 is 17.7 Å². The lowest BCUT2D eigenvalue weighted by atomic mass is 10.1. The average molecular weight is 253 g/mol. The van der Waals surface area contributed by atoms with Gasteiger partial charge in [-0.05, 0) is 32.2 Å². The van der Waals surface area contributed by atoms with Crippen molar-refractivity contribution in [3.8, 4) is 5.75 Å². The van der Waals surface area contributed by atoms with Gasteiger partial charge in [0.05, 0.1) is 12.7 Å². The Kier molecular flexibility index (Phi) is 5.35. The molecule has 3 nitrogen and oxygen atoms in total. The summed E-state index contributed by atoms with van der Waals surface area (Å²) in [5.74, 6) is 0.686. The highest BCUT2D eigenvalue weighted by Gasteiger charge is 2.20. The van der Waals surface area contributed by atoms with Gasteiger partial charge in [0, 0.05) is 18.0 Å². The van der Waals surface area contributed by atoms with Crippen LogP contribution in [0.4, 0.5) is 0 Å². The number of benzene rings is 1. The van der Waals surface area contributed by atoms with Crippen molar-refractivity contribution in [2.45, 2.75) is 18.7 Å². The molecule has 1 amide bonds. The fourth-order valence-corrected chi connectivity index (χ4v) is 2.34. The normalized spacial score (nSPS) is 10.1. The molecule has 0 saturated heterocycles. The zero-order chi connectivity index (χ0) is 12.8. The van der Waals surface area contributed by atoms with Crippen LogP contribution in [0.1, 0.15) is 24.2 Å². The molecule has 0 aliphatic heterocycles. The van der Waals surface area contributed by atoms with Crippen LogP contribution in [0, 0.1) is 0 Å². The zero-order valence-electron chi connectivity index (χ0n) is 10.8. The van der Waals surface area contributed by atoms with E-state index >= 15 is 0 Å². The van der Waals surface area contributed by atoms with E-state index in [0.717, 1.165) is 4.90 Å². The smallest absolute Gasteiger partial charge is 0.258 e. The van der Waals surface area contributed by atoms with Crippen molar-refractivity contribution < 1.29 is 9.53 Å². The third-order valence-corrected chi connectivity index (χ3v) is 3.47. The van der Waals surface area contributed by atoms with Crippen LogP contribution in [0.5, 0.6) is 5.75 Å². The average Bonchev–Trinajstić information content (AvgIpc) is 2.38. The minimum atomic E-state index is 0.0387. The molecule has 0 aliphatic rings. The molecular weight excluding hydrogens is 234 g/mol. The number of hydrogen-bond donors (Lipinski definition) is 0. The Morgan fingerprint density at radius 1 is 1.35 bits per heavy atom. The maximum atomic E-state index is 12.4. The lowest BCUT2D eigenvalue weighted by Crippen LogP contribution is -2.31. The molecule has 0 radical (unpaired) electrons. The van der Waals surface area contributed by atoms with E-state index in [0.29, 0.717) is 24.4 Å². The number of ether oxygens (including phenoxy) is 1. The van der Waals surface area contributed by atoms with Crippen LogP contribution in [0.3, 0.4) is 0 Å². The highest BCUT2D eigenvalue weighted by atomic mass is 32.2. The van der Waals surface area contributed by atoms with Gasteiger partial charge in [-0.25, -0.2) is 0 Å². The molecule has 4 heteroatoms. The topological polar surface area (TPSA) is 29.5 Å². The molecule has 1 rings (SSSR count). The van der Waals surface area contributed by atoms with Crippen LogP contribution in [0.2, 0.25) is 0 Å². The van der Waals surface area contributed by atoms with Crippen LogP contribution < -0.4 is 4.74 Å². The largest absolute Gasteiger partial charge is 0.496 e. The van der Waals surface area contributed by atoms with Crippen molar-refractivity contribution in [2.24, 2.45) is 0 Å². The monoisotopic (exact) mass is 253 g/mol. The number of rotatable bonds is 5. The lowest BCUT2D eigenvalue weighted by molar-refractivity contribution is 0.0766. The minimum absolute atomic E-state index is 0.0387. The molecule has 0 heterocycles. The third-order valence-electron chi connectivity index (χ3n) is 2.69. The maximum absolute atomic E-state index is 12.4. The molecule has 0 bridgehead atoms. The Morgan fingerprint density at radius 2 is 2.00 bits per heavy atom. The van der Waals surface area contributed by atoms with Gasteiger partial charge in [0.25, 0.3) is 5.91 Å². The molecule has 0 saturated carbocycles. The van der Waals surface area contributed by atoms with E-state index in [2.05, 4.69) is 0 Å². The highest BCUT2D eigenvalue weighted by Crippen LogP contribution is 2.29. The summed E-state index contributed by atoms with van der Waals surface area (Å²) in [5, 5.41) is 0. The van der Waals surface area contributed by atoms with Crippen molar-refractivity contribution in [1.82, 2.24) is 4.90 Å². The van der Waals surface area contributed by atoms with Crippen LogP contribution in [0.15, 0.2) is 23.1 Å². The van der Waals surface area contributed by atoms with Crippen LogP contribution in [-0.4, -0.2) is 37.3 Å². The molecule has 0 atom stereocenters. The quantitative estimate of drug-likeness (QED) is 0.756. The summed E-state index contributed by atoms with van der Waals surface area (Å²) in [5.41, 5.74) is 0.672. The first-order valence-electron chi connectivity index (χ1n) is 5.69. The van der Waals surface area contributed by atoms with Crippen LogP contribution >= 0.6 is 11.8 Å². The molecule has 1 aromatic rings. The first kappa shape index (κ1) is 13.9. The van der Waals surface area contributed by atoms with E-state index in [-0.39, 0.29) is 5.91 Å². The summed E-state index contributed by atoms with van der Waals surface area (Å²) in [4.78, 5) is 15.2. The van der Waals surface area contributed by atoms with Crippen molar-refractivity contribution in [1.29, 1.82) is 0 Å². The number of thioether (sulfide) groups is 1. The summed E-state index contributed by atoms with van der Waals surface area (Å²) in [7, 11) is 1.60. The Bertz CT molecular complexity index is 367. The van der Waals surface area contributed by atoms with Gasteiger partial charge in [0.2, 0.25) is 0 Å². The second-order valence-corrected chi connectivity index (χ2v) is 4.36. The molecule has 0 fully saturated rings. The Hall–Kier alpha value is -1.16. The predicted octanol–water partition coefficient (Wildman–Crippen LogP) is 2.90. The lowest BCUT2D eigenvalue weighted by Gasteiger charge is -2.21. The Balaban J connectivity index is 3.22. The van der Waals surface area contributed by atoms with E-state index in [4.69, 9.17) is 4.74 Å². The molecule has 0 aliphatic carbocycles. The highest BCUT2D eigenvalue weighted by molar-refractivity contribution is 7.98. The molecular formula is C13H19NO2S. The van der Waals surface area contributed by atoms with E-state index < -0.39 is 0 Å². The fraction of sp³-hybridized carbons (Fsp3) is 0.462. The Labute approximate surface area is 107 Å². The summed E-state index contributed by atoms with van der Waals surface area (Å²) < 4.78 is 5.29. The summed E-state index contributed by atoms with van der Waals surface area (Å²) >= 11 is 1.56. The van der Waals surface area contributed by atoms with Gasteiger partial charge in [0.1, 0.15) is 5.75 Å². The summed E-state index contributed by atoms with van der Waals surface area (Å²) in [6.45, 7) is 5.38. The summed E-state index contributed by atoms with van der Waals surface area (Å²) in [6.07, 6.45) is 1.97. The van der Waals surface area contributed by atoms with E-state index in [1.807, 2.05) is 38.3 Å². The van der Waals surface area contributed by atoms with Gasteiger partial charge in [-0.1, -0.05) is 6.07 Å². The van der Waals surface area contributed by atoms with Crippen LogP contribution in [-0.2, 0) is 0 Å². The number of amides is 1. The van der Waals surface area contributed by atoms with Crippen LogP contribution in [0.25, 0.3) is 0 Å². The Morgan fingerprint density at radius 3 is 2.47 bits per heavy atom. The van der Waals surface area contributed by atoms with Gasteiger partial charge in [-0.15, -0.1) is 11.8 Å². The standard InChI is InChI=1S/C13H19NO2S/c1-5-14(6-2)13(15)12-10(16-3)8-7-9-11(12)17-4/h7-9H,5-6H2,1-4H3. The minimum Gasteiger partial charge on any atom is -0.496 e. The van der Waals surface area contributed by atoms with Gasteiger partial charge in [-0.2, -0.15) is 0 Å². The van der Waals surface area contributed by atoms with Gasteiger partial charge in [0.15, 0.2) is 0 Å². The van der Waals surface area contributed by atoms with Gasteiger partial charge >= 0.3 is 0 Å². The zero-order valence-corrected chi connectivity index (χ0v) is 11.6. The molecule has 17 heavy (non-hydrogen) atoms. The van der Waals surface area contributed by atoms with Crippen molar-refractivity contribution in [3.63, 3.8) is 0 Å². The molecule has 1 aromatic carbocycles. The van der Waals surface area contributed by atoms with Crippen molar-refractivity contribution in [2.75, 3.05) is 26.5 Å². The number of carbonyl (C=O) groups excluding carboxylic acids is 1. The first-order chi connectivity index (χ1) is 8.19. The third kappa shape index (κ3) is 2.94. The van der Waals surface area contributed by atoms with Crippen molar-refractivity contribution in [3.05, 3.63) is 23.8 Å². The molecule has 0 spiro atoms. The fourth-order valence-electron chi connectivity index (χ4n) is 1.73. The predicted molar refractivity (Wildman–Crippen MR) is 72.0 cm³/mol. The molecule has 0 N–H and O–H groups in total. The molecule has 0 aromatic heterocycles. The number of carbonyl (C=O) groups is 1.